The molecule has 0 aliphatic carbocycles. The molecule has 1 aliphatic rings. The molecule has 1 saturated heterocycles. The summed E-state index contributed by atoms with van der Waals surface area (Å²) in [6.45, 7) is 4.56. The van der Waals surface area contributed by atoms with Crippen molar-refractivity contribution in [1.29, 1.82) is 0 Å². The second-order valence-electron chi connectivity index (χ2n) is 5.55. The lowest BCUT2D eigenvalue weighted by molar-refractivity contribution is 0.112. The molecule has 0 radical (unpaired) electrons. The molecule has 1 aromatic carbocycles. The van der Waals surface area contributed by atoms with Crippen LogP contribution in [0.15, 0.2) is 36.7 Å². The van der Waals surface area contributed by atoms with Crippen LogP contribution >= 0.6 is 0 Å². The summed E-state index contributed by atoms with van der Waals surface area (Å²) in [7, 11) is 0. The Hall–Kier alpha value is -2.31. The summed E-state index contributed by atoms with van der Waals surface area (Å²) in [5.41, 5.74) is 2.48. The van der Waals surface area contributed by atoms with Gasteiger partial charge in [0, 0.05) is 49.9 Å². The van der Waals surface area contributed by atoms with Gasteiger partial charge in [-0.15, -0.1) is 0 Å². The highest BCUT2D eigenvalue weighted by Gasteiger charge is 2.18. The van der Waals surface area contributed by atoms with E-state index < -0.39 is 0 Å². The fourth-order valence-corrected chi connectivity index (χ4v) is 2.75. The minimum Gasteiger partial charge on any atom is -0.395 e. The standard InChI is InChI=1S/C17H20N4O2/c22-10-9-20-5-7-21(8-6-20)17-11-16(18-13-19-17)15-3-1-14(12-23)2-4-15/h1-4,11-13,22H,5-10H2. The normalized spacial score (nSPS) is 15.6. The quantitative estimate of drug-likeness (QED) is 0.833. The predicted octanol–water partition coefficient (Wildman–Crippen LogP) is 1.07. The van der Waals surface area contributed by atoms with Crippen molar-refractivity contribution in [2.24, 2.45) is 0 Å². The van der Waals surface area contributed by atoms with Gasteiger partial charge in [-0.1, -0.05) is 24.3 Å². The van der Waals surface area contributed by atoms with Crippen LogP contribution in [0.5, 0.6) is 0 Å². The third-order valence-corrected chi connectivity index (χ3v) is 4.11. The zero-order chi connectivity index (χ0) is 16.1. The number of benzene rings is 1. The molecule has 2 aromatic rings. The number of carbonyl (C=O) groups is 1. The molecule has 6 heteroatoms. The SMILES string of the molecule is O=Cc1ccc(-c2cc(N3CCN(CCO)CC3)ncn2)cc1. The highest BCUT2D eigenvalue weighted by molar-refractivity contribution is 5.76. The number of anilines is 1. The van der Waals surface area contributed by atoms with Crippen molar-refractivity contribution in [2.45, 2.75) is 0 Å². The van der Waals surface area contributed by atoms with Crippen LogP contribution in [0.25, 0.3) is 11.3 Å². The Bertz CT molecular complexity index is 652. The van der Waals surface area contributed by atoms with Crippen LogP contribution in [-0.2, 0) is 0 Å². The zero-order valence-corrected chi connectivity index (χ0v) is 12.9. The van der Waals surface area contributed by atoms with Gasteiger partial charge < -0.3 is 10.0 Å². The Kier molecular flexibility index (Phi) is 4.95. The summed E-state index contributed by atoms with van der Waals surface area (Å²) in [6.07, 6.45) is 2.42. The van der Waals surface area contributed by atoms with Crippen LogP contribution in [0, 0.1) is 0 Å². The summed E-state index contributed by atoms with van der Waals surface area (Å²) in [5, 5.41) is 9.00. The number of β-amino-alcohol motifs (C(OH)–C–C–N with tert-alkyl or cyclic N) is 1. The molecule has 3 rings (SSSR count). The van der Waals surface area contributed by atoms with Crippen LogP contribution in [0.2, 0.25) is 0 Å². The first kappa shape index (κ1) is 15.6. The molecule has 23 heavy (non-hydrogen) atoms. The highest BCUT2D eigenvalue weighted by atomic mass is 16.3. The maximum atomic E-state index is 10.7. The van der Waals surface area contributed by atoms with Crippen LogP contribution in [-0.4, -0.2) is 65.6 Å². The second-order valence-corrected chi connectivity index (χ2v) is 5.55. The van der Waals surface area contributed by atoms with E-state index in [9.17, 15) is 4.79 Å². The second kappa shape index (κ2) is 7.30. The van der Waals surface area contributed by atoms with Crippen molar-refractivity contribution in [2.75, 3.05) is 44.2 Å². The number of hydrogen-bond donors (Lipinski definition) is 1. The average molecular weight is 312 g/mol. The monoisotopic (exact) mass is 312 g/mol. The summed E-state index contributed by atoms with van der Waals surface area (Å²) in [6, 6.07) is 9.36. The Morgan fingerprint density at radius 2 is 1.83 bits per heavy atom. The number of piperazine rings is 1. The summed E-state index contributed by atoms with van der Waals surface area (Å²) >= 11 is 0. The van der Waals surface area contributed by atoms with Gasteiger partial charge in [0.05, 0.1) is 12.3 Å². The van der Waals surface area contributed by atoms with Crippen LogP contribution in [0.1, 0.15) is 10.4 Å². The molecule has 0 amide bonds. The number of aliphatic hydroxyl groups is 1. The Balaban J connectivity index is 1.73. The molecule has 6 nitrogen and oxygen atoms in total. The number of hydrogen-bond acceptors (Lipinski definition) is 6. The minimum atomic E-state index is 0.203. The number of aliphatic hydroxyl groups excluding tert-OH is 1. The molecule has 0 unspecified atom stereocenters. The van der Waals surface area contributed by atoms with E-state index in [2.05, 4.69) is 19.8 Å². The molecule has 0 atom stereocenters. The van der Waals surface area contributed by atoms with E-state index >= 15 is 0 Å². The van der Waals surface area contributed by atoms with Crippen molar-refractivity contribution in [3.63, 3.8) is 0 Å². The lowest BCUT2D eigenvalue weighted by atomic mass is 10.1. The molecule has 0 spiro atoms. The molecule has 2 heterocycles. The van der Waals surface area contributed by atoms with Gasteiger partial charge in [-0.05, 0) is 0 Å². The van der Waals surface area contributed by atoms with E-state index in [1.807, 2.05) is 18.2 Å². The number of rotatable bonds is 5. The molecular weight excluding hydrogens is 292 g/mol. The summed E-state index contributed by atoms with van der Waals surface area (Å²) in [4.78, 5) is 23.9. The Morgan fingerprint density at radius 3 is 2.48 bits per heavy atom. The van der Waals surface area contributed by atoms with Gasteiger partial charge in [0.15, 0.2) is 0 Å². The first-order chi connectivity index (χ1) is 11.3. The van der Waals surface area contributed by atoms with E-state index in [1.54, 1.807) is 18.5 Å². The largest absolute Gasteiger partial charge is 0.395 e. The smallest absolute Gasteiger partial charge is 0.150 e. The summed E-state index contributed by atoms with van der Waals surface area (Å²) < 4.78 is 0. The van der Waals surface area contributed by atoms with Gasteiger partial charge in [0.25, 0.3) is 0 Å². The maximum absolute atomic E-state index is 10.7. The molecule has 120 valence electrons. The van der Waals surface area contributed by atoms with E-state index in [-0.39, 0.29) is 6.61 Å². The molecule has 0 bridgehead atoms. The lowest BCUT2D eigenvalue weighted by Gasteiger charge is -2.35. The van der Waals surface area contributed by atoms with Crippen LogP contribution in [0.3, 0.4) is 0 Å². The molecule has 1 fully saturated rings. The molecule has 0 saturated carbocycles. The first-order valence-corrected chi connectivity index (χ1v) is 7.76. The van der Waals surface area contributed by atoms with Gasteiger partial charge >= 0.3 is 0 Å². The van der Waals surface area contributed by atoms with E-state index in [0.29, 0.717) is 5.56 Å². The highest BCUT2D eigenvalue weighted by Crippen LogP contribution is 2.21. The maximum Gasteiger partial charge on any atom is 0.150 e. The minimum absolute atomic E-state index is 0.203. The van der Waals surface area contributed by atoms with Crippen molar-refractivity contribution >= 4 is 12.1 Å². The topological polar surface area (TPSA) is 69.6 Å². The van der Waals surface area contributed by atoms with Crippen LogP contribution < -0.4 is 4.90 Å². The third kappa shape index (κ3) is 3.72. The van der Waals surface area contributed by atoms with Crippen molar-refractivity contribution < 1.29 is 9.90 Å². The van der Waals surface area contributed by atoms with E-state index in [0.717, 1.165) is 56.1 Å². The Labute approximate surface area is 135 Å². The Morgan fingerprint density at radius 1 is 1.09 bits per heavy atom. The number of carbonyl (C=O) groups excluding carboxylic acids is 1. The average Bonchev–Trinajstić information content (AvgIpc) is 2.63. The van der Waals surface area contributed by atoms with Gasteiger partial charge in [0.2, 0.25) is 0 Å². The van der Waals surface area contributed by atoms with Gasteiger partial charge in [-0.3, -0.25) is 9.69 Å². The lowest BCUT2D eigenvalue weighted by Crippen LogP contribution is -2.47. The van der Waals surface area contributed by atoms with Crippen molar-refractivity contribution in [3.8, 4) is 11.3 Å². The van der Waals surface area contributed by atoms with Gasteiger partial charge in [0.1, 0.15) is 18.4 Å². The fraction of sp³-hybridized carbons (Fsp3) is 0.353. The van der Waals surface area contributed by atoms with E-state index in [4.69, 9.17) is 5.11 Å². The van der Waals surface area contributed by atoms with Gasteiger partial charge in [-0.25, -0.2) is 9.97 Å². The number of aromatic nitrogens is 2. The van der Waals surface area contributed by atoms with Crippen molar-refractivity contribution in [3.05, 3.63) is 42.2 Å². The van der Waals surface area contributed by atoms with Gasteiger partial charge in [-0.2, -0.15) is 0 Å². The molecule has 1 aliphatic heterocycles. The fourth-order valence-electron chi connectivity index (χ4n) is 2.75. The van der Waals surface area contributed by atoms with Crippen LogP contribution in [0.4, 0.5) is 5.82 Å². The number of aldehydes is 1. The van der Waals surface area contributed by atoms with E-state index in [1.165, 1.54) is 0 Å². The number of nitrogens with zero attached hydrogens (tertiary/aromatic N) is 4. The first-order valence-electron chi connectivity index (χ1n) is 7.76. The molecular formula is C17H20N4O2. The van der Waals surface area contributed by atoms with Crippen molar-refractivity contribution in [1.82, 2.24) is 14.9 Å². The zero-order valence-electron chi connectivity index (χ0n) is 12.9. The predicted molar refractivity (Wildman–Crippen MR) is 88.6 cm³/mol. The summed E-state index contributed by atoms with van der Waals surface area (Å²) in [5.74, 6) is 0.915. The third-order valence-electron chi connectivity index (χ3n) is 4.11. The molecule has 1 aromatic heterocycles. The molecule has 1 N–H and O–H groups in total.